The Kier molecular flexibility index (Phi) is 5.13. The van der Waals surface area contributed by atoms with Crippen LogP contribution in [0.2, 0.25) is 5.02 Å². The van der Waals surface area contributed by atoms with Gasteiger partial charge in [-0.2, -0.15) is 0 Å². The highest BCUT2D eigenvalue weighted by atomic mass is 35.5. The van der Waals surface area contributed by atoms with Gasteiger partial charge in [0.2, 0.25) is 5.91 Å². The molecule has 0 saturated heterocycles. The van der Waals surface area contributed by atoms with Gasteiger partial charge in [0.15, 0.2) is 5.78 Å². The van der Waals surface area contributed by atoms with Crippen molar-refractivity contribution in [3.8, 4) is 0 Å². The van der Waals surface area contributed by atoms with Gasteiger partial charge in [0.25, 0.3) is 5.91 Å². The molecule has 6 heteroatoms. The molecule has 0 atom stereocenters. The Bertz CT molecular complexity index is 770. The first-order valence-corrected chi connectivity index (χ1v) is 7.24. The van der Waals surface area contributed by atoms with Crippen LogP contribution in [0.5, 0.6) is 0 Å². The molecule has 0 unspecified atom stereocenters. The monoisotopic (exact) mass is 330 g/mol. The van der Waals surface area contributed by atoms with Gasteiger partial charge in [0.05, 0.1) is 11.4 Å². The Hall–Kier alpha value is -2.66. The summed E-state index contributed by atoms with van der Waals surface area (Å²) in [5, 5.41) is 5.75. The van der Waals surface area contributed by atoms with Crippen LogP contribution in [0.4, 0.5) is 11.4 Å². The quantitative estimate of drug-likeness (QED) is 0.838. The summed E-state index contributed by atoms with van der Waals surface area (Å²) < 4.78 is 0. The predicted molar refractivity (Wildman–Crippen MR) is 90.2 cm³/mol. The number of carbonyl (C=O) groups is 3. The van der Waals surface area contributed by atoms with Crippen molar-refractivity contribution in [1.82, 2.24) is 0 Å². The second-order valence-corrected chi connectivity index (χ2v) is 5.40. The highest BCUT2D eigenvalue weighted by molar-refractivity contribution is 6.31. The van der Waals surface area contributed by atoms with E-state index in [1.807, 2.05) is 0 Å². The van der Waals surface area contributed by atoms with Crippen molar-refractivity contribution in [1.29, 1.82) is 0 Å². The molecule has 0 radical (unpaired) electrons. The van der Waals surface area contributed by atoms with Gasteiger partial charge >= 0.3 is 0 Å². The average Bonchev–Trinajstić information content (AvgIpc) is 2.49. The van der Waals surface area contributed by atoms with Crippen LogP contribution in [-0.4, -0.2) is 17.6 Å². The lowest BCUT2D eigenvalue weighted by Gasteiger charge is -2.12. The number of hydrogen-bond donors (Lipinski definition) is 2. The Morgan fingerprint density at radius 2 is 1.43 bits per heavy atom. The lowest BCUT2D eigenvalue weighted by molar-refractivity contribution is -0.114. The number of rotatable bonds is 4. The second kappa shape index (κ2) is 7.07. The highest BCUT2D eigenvalue weighted by Crippen LogP contribution is 2.26. The second-order valence-electron chi connectivity index (χ2n) is 4.96. The largest absolute Gasteiger partial charge is 0.325 e. The van der Waals surface area contributed by atoms with Gasteiger partial charge in [-0.3, -0.25) is 14.4 Å². The molecule has 5 nitrogen and oxygen atoms in total. The molecular weight excluding hydrogens is 316 g/mol. The minimum Gasteiger partial charge on any atom is -0.325 e. The summed E-state index contributed by atoms with van der Waals surface area (Å²) in [5.41, 5.74) is 1.77. The maximum absolute atomic E-state index is 12.3. The molecule has 0 saturated carbocycles. The van der Waals surface area contributed by atoms with E-state index in [0.717, 1.165) is 0 Å². The number of ketones is 1. The Morgan fingerprint density at radius 1 is 0.826 bits per heavy atom. The van der Waals surface area contributed by atoms with E-state index in [1.54, 1.807) is 42.5 Å². The molecule has 0 spiro atoms. The van der Waals surface area contributed by atoms with Gasteiger partial charge in [-0.1, -0.05) is 23.7 Å². The summed E-state index contributed by atoms with van der Waals surface area (Å²) in [7, 11) is 0. The third-order valence-corrected chi connectivity index (χ3v) is 3.33. The molecule has 2 aromatic rings. The molecule has 0 bridgehead atoms. The zero-order valence-corrected chi connectivity index (χ0v) is 13.4. The maximum atomic E-state index is 12.3. The average molecular weight is 331 g/mol. The van der Waals surface area contributed by atoms with E-state index in [4.69, 9.17) is 11.6 Å². The number of Topliss-reactive ketones (excluding diaryl/α,β-unsaturated/α-hetero) is 1. The smallest absolute Gasteiger partial charge is 0.255 e. The number of hydrogen-bond acceptors (Lipinski definition) is 3. The number of carbonyl (C=O) groups excluding carboxylic acids is 3. The molecule has 118 valence electrons. The molecule has 2 rings (SSSR count). The summed E-state index contributed by atoms with van der Waals surface area (Å²) in [6.45, 7) is 2.83. The van der Waals surface area contributed by atoms with Gasteiger partial charge < -0.3 is 10.6 Å². The van der Waals surface area contributed by atoms with Crippen molar-refractivity contribution in [2.75, 3.05) is 10.6 Å². The molecular formula is C17H15ClN2O3. The van der Waals surface area contributed by atoms with Gasteiger partial charge in [0, 0.05) is 23.1 Å². The van der Waals surface area contributed by atoms with E-state index in [-0.39, 0.29) is 17.6 Å². The summed E-state index contributed by atoms with van der Waals surface area (Å²) in [6.07, 6.45) is 0. The van der Waals surface area contributed by atoms with Crippen LogP contribution in [0.25, 0.3) is 0 Å². The van der Waals surface area contributed by atoms with Gasteiger partial charge in [-0.15, -0.1) is 0 Å². The summed E-state index contributed by atoms with van der Waals surface area (Å²) in [6, 6.07) is 11.1. The van der Waals surface area contributed by atoms with Crippen LogP contribution >= 0.6 is 11.6 Å². The molecule has 0 aromatic heterocycles. The van der Waals surface area contributed by atoms with E-state index >= 15 is 0 Å². The lowest BCUT2D eigenvalue weighted by atomic mass is 10.1. The normalized spacial score (nSPS) is 10.0. The van der Waals surface area contributed by atoms with Gasteiger partial charge in [0.1, 0.15) is 0 Å². The van der Waals surface area contributed by atoms with E-state index < -0.39 is 0 Å². The highest BCUT2D eigenvalue weighted by Gasteiger charge is 2.11. The fraction of sp³-hybridized carbons (Fsp3) is 0.118. The Morgan fingerprint density at radius 3 is 2.00 bits per heavy atom. The SMILES string of the molecule is CC(=O)Nc1ccc(Cl)cc1NC(=O)c1ccc(C(C)=O)cc1. The number of nitrogens with one attached hydrogen (secondary N) is 2. The standard InChI is InChI=1S/C17H15ClN2O3/c1-10(21)12-3-5-13(6-4-12)17(23)20-16-9-14(18)7-8-15(16)19-11(2)22/h3-9H,1-2H3,(H,19,22)(H,20,23). The van der Waals surface area contributed by atoms with E-state index in [0.29, 0.717) is 27.5 Å². The molecule has 0 aliphatic rings. The summed E-state index contributed by atoms with van der Waals surface area (Å²) >= 11 is 5.94. The number of amides is 2. The zero-order chi connectivity index (χ0) is 17.0. The first kappa shape index (κ1) is 16.7. The first-order chi connectivity index (χ1) is 10.9. The molecule has 2 N–H and O–H groups in total. The topological polar surface area (TPSA) is 75.3 Å². The first-order valence-electron chi connectivity index (χ1n) is 6.86. The Balaban J connectivity index is 2.24. The van der Waals surface area contributed by atoms with Crippen molar-refractivity contribution >= 4 is 40.6 Å². The van der Waals surface area contributed by atoms with Crippen molar-refractivity contribution in [2.45, 2.75) is 13.8 Å². The third-order valence-electron chi connectivity index (χ3n) is 3.09. The van der Waals surface area contributed by atoms with Crippen LogP contribution < -0.4 is 10.6 Å². The van der Waals surface area contributed by atoms with Crippen LogP contribution in [-0.2, 0) is 4.79 Å². The van der Waals surface area contributed by atoms with Crippen LogP contribution in [0.15, 0.2) is 42.5 Å². The van der Waals surface area contributed by atoms with E-state index in [9.17, 15) is 14.4 Å². The predicted octanol–water partition coefficient (Wildman–Crippen LogP) is 3.75. The van der Waals surface area contributed by atoms with E-state index in [2.05, 4.69) is 10.6 Å². The molecule has 2 aromatic carbocycles. The third kappa shape index (κ3) is 4.40. The minimum atomic E-state index is -0.367. The summed E-state index contributed by atoms with van der Waals surface area (Å²) in [4.78, 5) is 34.8. The number of halogens is 1. The van der Waals surface area contributed by atoms with E-state index in [1.165, 1.54) is 13.8 Å². The number of benzene rings is 2. The molecule has 0 heterocycles. The minimum absolute atomic E-state index is 0.0697. The molecule has 0 aliphatic heterocycles. The molecule has 0 aliphatic carbocycles. The number of anilines is 2. The fourth-order valence-electron chi connectivity index (χ4n) is 1.97. The van der Waals surface area contributed by atoms with Crippen molar-refractivity contribution in [3.63, 3.8) is 0 Å². The van der Waals surface area contributed by atoms with Crippen LogP contribution in [0, 0.1) is 0 Å². The zero-order valence-electron chi connectivity index (χ0n) is 12.6. The molecule has 2 amide bonds. The van der Waals surface area contributed by atoms with Crippen LogP contribution in [0.1, 0.15) is 34.6 Å². The van der Waals surface area contributed by atoms with Crippen molar-refractivity contribution in [3.05, 3.63) is 58.6 Å². The molecule has 23 heavy (non-hydrogen) atoms. The molecule has 0 fully saturated rings. The van der Waals surface area contributed by atoms with Crippen LogP contribution in [0.3, 0.4) is 0 Å². The fourth-order valence-corrected chi connectivity index (χ4v) is 2.14. The Labute approximate surface area is 138 Å². The van der Waals surface area contributed by atoms with Crippen molar-refractivity contribution in [2.24, 2.45) is 0 Å². The lowest BCUT2D eigenvalue weighted by Crippen LogP contribution is -2.15. The van der Waals surface area contributed by atoms with Gasteiger partial charge in [-0.25, -0.2) is 0 Å². The summed E-state index contributed by atoms with van der Waals surface area (Å²) in [5.74, 6) is -0.692. The maximum Gasteiger partial charge on any atom is 0.255 e. The van der Waals surface area contributed by atoms with Crippen molar-refractivity contribution < 1.29 is 14.4 Å². The van der Waals surface area contributed by atoms with Gasteiger partial charge in [-0.05, 0) is 37.3 Å².